The van der Waals surface area contributed by atoms with Gasteiger partial charge in [0.25, 0.3) is 5.56 Å². The molecule has 3 aromatic rings. The summed E-state index contributed by atoms with van der Waals surface area (Å²) in [7, 11) is 2.94. The third-order valence-electron chi connectivity index (χ3n) is 6.23. The summed E-state index contributed by atoms with van der Waals surface area (Å²) >= 11 is 13.3. The minimum atomic E-state index is -0.627. The zero-order valence-electron chi connectivity index (χ0n) is 23.4. The van der Waals surface area contributed by atoms with E-state index in [4.69, 9.17) is 42.1 Å². The number of amides is 1. The van der Waals surface area contributed by atoms with Gasteiger partial charge in [-0.1, -0.05) is 23.2 Å². The Morgan fingerprint density at radius 2 is 1.73 bits per heavy atom. The molecule has 0 bridgehead atoms. The van der Waals surface area contributed by atoms with Crippen LogP contribution in [0.2, 0.25) is 10.0 Å². The fourth-order valence-corrected chi connectivity index (χ4v) is 5.14. The van der Waals surface area contributed by atoms with E-state index in [0.29, 0.717) is 41.3 Å². The molecule has 4 rings (SSSR count). The molecule has 1 aliphatic rings. The van der Waals surface area contributed by atoms with E-state index in [9.17, 15) is 9.59 Å². The SMILES string of the molecule is COc1cc(OC)c(Cl)c(-c2cc3cnc(NC4COC[C@@H]4NC(=O)OC(C)(C)C)nc3n(C(C)C)c2=O)c1Cl. The van der Waals surface area contributed by atoms with Gasteiger partial charge in [0.1, 0.15) is 22.7 Å². The molecule has 40 heavy (non-hydrogen) atoms. The van der Waals surface area contributed by atoms with Crippen LogP contribution >= 0.6 is 23.2 Å². The lowest BCUT2D eigenvalue weighted by Gasteiger charge is -2.24. The number of nitrogens with zero attached hydrogens (tertiary/aromatic N) is 3. The summed E-state index contributed by atoms with van der Waals surface area (Å²) in [6, 6.07) is 2.27. The first-order valence-corrected chi connectivity index (χ1v) is 13.5. The van der Waals surface area contributed by atoms with Crippen LogP contribution in [0, 0.1) is 0 Å². The predicted octanol–water partition coefficient (Wildman–Crippen LogP) is 5.07. The highest BCUT2D eigenvalue weighted by molar-refractivity contribution is 6.41. The van der Waals surface area contributed by atoms with E-state index in [0.717, 1.165) is 0 Å². The molecule has 1 fully saturated rings. The lowest BCUT2D eigenvalue weighted by Crippen LogP contribution is -2.47. The number of nitrogens with one attached hydrogen (secondary N) is 2. The minimum absolute atomic E-state index is 0.184. The van der Waals surface area contributed by atoms with Crippen LogP contribution in [-0.4, -0.2) is 65.7 Å². The van der Waals surface area contributed by atoms with E-state index < -0.39 is 11.7 Å². The molecule has 2 N–H and O–H groups in total. The second-order valence-electron chi connectivity index (χ2n) is 10.6. The Hall–Kier alpha value is -3.28. The van der Waals surface area contributed by atoms with Crippen molar-refractivity contribution in [1.82, 2.24) is 19.9 Å². The average Bonchev–Trinajstić information content (AvgIpc) is 3.29. The van der Waals surface area contributed by atoms with E-state index in [-0.39, 0.29) is 45.2 Å². The van der Waals surface area contributed by atoms with Crippen molar-refractivity contribution in [3.63, 3.8) is 0 Å². The second kappa shape index (κ2) is 11.7. The molecule has 1 amide bonds. The van der Waals surface area contributed by atoms with Crippen LogP contribution in [0.1, 0.15) is 40.7 Å². The molecule has 3 heterocycles. The fourth-order valence-electron chi connectivity index (χ4n) is 4.43. The third kappa shape index (κ3) is 6.06. The zero-order valence-corrected chi connectivity index (χ0v) is 24.9. The number of pyridine rings is 1. The van der Waals surface area contributed by atoms with Crippen molar-refractivity contribution in [2.24, 2.45) is 0 Å². The fraction of sp³-hybridized carbons (Fsp3) is 0.481. The number of benzene rings is 1. The average molecular weight is 594 g/mol. The van der Waals surface area contributed by atoms with Gasteiger partial charge in [0.2, 0.25) is 5.95 Å². The molecule has 216 valence electrons. The maximum atomic E-state index is 13.9. The van der Waals surface area contributed by atoms with Crippen molar-refractivity contribution in [1.29, 1.82) is 0 Å². The number of methoxy groups -OCH3 is 2. The van der Waals surface area contributed by atoms with Crippen LogP contribution in [0.15, 0.2) is 23.1 Å². The summed E-state index contributed by atoms with van der Waals surface area (Å²) in [5.74, 6) is 0.912. The molecular formula is C27H33Cl2N5O6. The summed E-state index contributed by atoms with van der Waals surface area (Å²) in [5.41, 5.74) is -0.0119. The molecule has 11 nitrogen and oxygen atoms in total. The van der Waals surface area contributed by atoms with Crippen LogP contribution in [0.3, 0.4) is 0 Å². The van der Waals surface area contributed by atoms with Gasteiger partial charge in [0, 0.05) is 29.3 Å². The van der Waals surface area contributed by atoms with Crippen LogP contribution in [-0.2, 0) is 9.47 Å². The van der Waals surface area contributed by atoms with Crippen molar-refractivity contribution >= 4 is 46.3 Å². The molecule has 1 aromatic carbocycles. The standard InChI is InChI=1S/C27H33Cl2N5O6/c1-13(2)34-23-14(8-15(24(34)35)20-21(28)18(37-6)9-19(38-7)22(20)29)10-30-25(33-23)31-16-11-39-12-17(16)32-26(36)40-27(3,4)5/h8-10,13,16-17H,11-12H2,1-7H3,(H,32,36)(H,30,31,33)/t16?,17-/m0/s1. The second-order valence-corrected chi connectivity index (χ2v) is 11.4. The summed E-state index contributed by atoms with van der Waals surface area (Å²) in [6.45, 7) is 9.76. The van der Waals surface area contributed by atoms with Gasteiger partial charge in [-0.2, -0.15) is 4.98 Å². The first kappa shape index (κ1) is 29.7. The molecule has 13 heteroatoms. The van der Waals surface area contributed by atoms with Crippen molar-refractivity contribution in [2.45, 2.75) is 58.3 Å². The maximum Gasteiger partial charge on any atom is 0.408 e. The molecular weight excluding hydrogens is 561 g/mol. The summed E-state index contributed by atoms with van der Waals surface area (Å²) in [6.07, 6.45) is 1.07. The lowest BCUT2D eigenvalue weighted by atomic mass is 10.0. The Bertz CT molecular complexity index is 1460. The van der Waals surface area contributed by atoms with Crippen LogP contribution < -0.4 is 25.7 Å². The number of anilines is 1. The van der Waals surface area contributed by atoms with Gasteiger partial charge < -0.3 is 29.6 Å². The lowest BCUT2D eigenvalue weighted by molar-refractivity contribution is 0.0497. The quantitative estimate of drug-likeness (QED) is 0.386. The van der Waals surface area contributed by atoms with E-state index >= 15 is 0 Å². The van der Waals surface area contributed by atoms with Crippen molar-refractivity contribution in [2.75, 3.05) is 32.8 Å². The summed E-state index contributed by atoms with van der Waals surface area (Å²) in [4.78, 5) is 35.3. The Balaban J connectivity index is 1.74. The maximum absolute atomic E-state index is 13.9. The number of ether oxygens (including phenoxy) is 4. The predicted molar refractivity (Wildman–Crippen MR) is 154 cm³/mol. The van der Waals surface area contributed by atoms with Gasteiger partial charge in [-0.25, -0.2) is 9.78 Å². The number of carbonyl (C=O) groups excluding carboxylic acids is 1. The number of hydrogen-bond acceptors (Lipinski definition) is 9. The first-order valence-electron chi connectivity index (χ1n) is 12.7. The number of aromatic nitrogens is 3. The van der Waals surface area contributed by atoms with Gasteiger partial charge in [-0.05, 0) is 40.7 Å². The van der Waals surface area contributed by atoms with Gasteiger partial charge in [-0.15, -0.1) is 0 Å². The molecule has 0 radical (unpaired) electrons. The molecule has 1 unspecified atom stereocenters. The van der Waals surface area contributed by atoms with Gasteiger partial charge in [-0.3, -0.25) is 9.36 Å². The molecule has 2 aromatic heterocycles. The first-order chi connectivity index (χ1) is 18.8. The Labute approximate surface area is 242 Å². The normalized spacial score (nSPS) is 17.2. The van der Waals surface area contributed by atoms with Gasteiger partial charge >= 0.3 is 6.09 Å². The number of fused-ring (bicyclic) bond motifs is 1. The van der Waals surface area contributed by atoms with Gasteiger partial charge in [0.15, 0.2) is 0 Å². The Morgan fingerprint density at radius 1 is 1.10 bits per heavy atom. The number of alkyl carbamates (subject to hydrolysis) is 1. The Morgan fingerprint density at radius 3 is 2.30 bits per heavy atom. The number of halogens is 2. The van der Waals surface area contributed by atoms with E-state index in [2.05, 4.69) is 20.6 Å². The molecule has 2 atom stereocenters. The largest absolute Gasteiger partial charge is 0.495 e. The number of hydrogen-bond donors (Lipinski definition) is 2. The summed E-state index contributed by atoms with van der Waals surface area (Å²) < 4.78 is 23.3. The monoisotopic (exact) mass is 593 g/mol. The molecule has 0 saturated carbocycles. The van der Waals surface area contributed by atoms with Crippen LogP contribution in [0.4, 0.5) is 10.7 Å². The van der Waals surface area contributed by atoms with E-state index in [1.54, 1.807) is 43.7 Å². The molecule has 0 aliphatic carbocycles. The highest BCUT2D eigenvalue weighted by Crippen LogP contribution is 2.45. The van der Waals surface area contributed by atoms with Crippen LogP contribution in [0.25, 0.3) is 22.2 Å². The molecule has 1 saturated heterocycles. The highest BCUT2D eigenvalue weighted by Gasteiger charge is 2.32. The highest BCUT2D eigenvalue weighted by atomic mass is 35.5. The Kier molecular flexibility index (Phi) is 8.67. The number of carbonyl (C=O) groups is 1. The number of rotatable bonds is 7. The zero-order chi connectivity index (χ0) is 29.4. The van der Waals surface area contributed by atoms with Gasteiger partial charge in [0.05, 0.1) is 55.1 Å². The van der Waals surface area contributed by atoms with Crippen LogP contribution in [0.5, 0.6) is 11.5 Å². The smallest absolute Gasteiger partial charge is 0.408 e. The van der Waals surface area contributed by atoms with E-state index in [1.807, 2.05) is 13.8 Å². The molecule has 0 spiro atoms. The topological polar surface area (TPSA) is 126 Å². The summed E-state index contributed by atoms with van der Waals surface area (Å²) in [5, 5.41) is 7.02. The minimum Gasteiger partial charge on any atom is -0.495 e. The van der Waals surface area contributed by atoms with E-state index in [1.165, 1.54) is 14.2 Å². The third-order valence-corrected chi connectivity index (χ3v) is 6.98. The van der Waals surface area contributed by atoms with Crippen molar-refractivity contribution in [3.8, 4) is 22.6 Å². The van der Waals surface area contributed by atoms with Crippen molar-refractivity contribution in [3.05, 3.63) is 38.7 Å². The molecule has 1 aliphatic heterocycles. The van der Waals surface area contributed by atoms with Crippen molar-refractivity contribution < 1.29 is 23.7 Å².